The molecule has 1 amide bonds. The molecule has 0 unspecified atom stereocenters. The molecule has 0 bridgehead atoms. The van der Waals surface area contributed by atoms with E-state index >= 15 is 0 Å². The van der Waals surface area contributed by atoms with Crippen molar-refractivity contribution in [2.75, 3.05) is 54.5 Å². The molecule has 3 aliphatic heterocycles. The number of benzene rings is 1. The van der Waals surface area contributed by atoms with Crippen molar-refractivity contribution in [2.45, 2.75) is 32.6 Å². The van der Waals surface area contributed by atoms with Crippen LogP contribution in [0.25, 0.3) is 0 Å². The first-order valence-electron chi connectivity index (χ1n) is 10.7. The quantitative estimate of drug-likeness (QED) is 0.825. The van der Waals surface area contributed by atoms with Gasteiger partial charge in [0.25, 0.3) is 11.9 Å². The average molecular weight is 414 g/mol. The minimum absolute atomic E-state index is 0.207. The van der Waals surface area contributed by atoms with Crippen LogP contribution in [0.3, 0.4) is 0 Å². The number of anilines is 3. The zero-order chi connectivity index (χ0) is 20.7. The van der Waals surface area contributed by atoms with E-state index in [-0.39, 0.29) is 16.9 Å². The predicted octanol–water partition coefficient (Wildman–Crippen LogP) is 3.59. The van der Waals surface area contributed by atoms with Gasteiger partial charge in [0, 0.05) is 37.3 Å². The number of hydrogen-bond acceptors (Lipinski definition) is 6. The van der Waals surface area contributed by atoms with Crippen LogP contribution in [0.5, 0.6) is 0 Å². The van der Waals surface area contributed by atoms with Crippen molar-refractivity contribution >= 4 is 23.3 Å². The molecule has 1 aromatic carbocycles. The van der Waals surface area contributed by atoms with Crippen LogP contribution in [0.4, 0.5) is 21.8 Å². The molecule has 3 saturated heterocycles. The molecule has 160 valence electrons. The number of hydrogen-bond donors (Lipinski definition) is 1. The second-order valence-corrected chi connectivity index (χ2v) is 8.73. The maximum Gasteiger partial charge on any atom is 0.298 e. The molecule has 5 rings (SSSR count). The third-order valence-electron chi connectivity index (χ3n) is 6.43. The van der Waals surface area contributed by atoms with Gasteiger partial charge >= 0.3 is 0 Å². The molecule has 1 aromatic heterocycles. The zero-order valence-corrected chi connectivity index (χ0v) is 17.2. The van der Waals surface area contributed by atoms with Gasteiger partial charge in [-0.2, -0.15) is 4.98 Å². The van der Waals surface area contributed by atoms with Gasteiger partial charge in [-0.25, -0.2) is 4.39 Å². The van der Waals surface area contributed by atoms with E-state index < -0.39 is 5.91 Å². The Morgan fingerprint density at radius 2 is 1.97 bits per heavy atom. The minimum atomic E-state index is -0.395. The monoisotopic (exact) mass is 414 g/mol. The molecular weight excluding hydrogens is 387 g/mol. The fraction of sp³-hybridized carbons (Fsp3) is 0.545. The minimum Gasteiger partial charge on any atom is -0.428 e. The molecule has 0 radical (unpaired) electrons. The summed E-state index contributed by atoms with van der Waals surface area (Å²) < 4.78 is 25.8. The van der Waals surface area contributed by atoms with Crippen molar-refractivity contribution in [3.63, 3.8) is 0 Å². The Kier molecular flexibility index (Phi) is 4.89. The summed E-state index contributed by atoms with van der Waals surface area (Å²) in [7, 11) is 0. The van der Waals surface area contributed by atoms with E-state index in [0.717, 1.165) is 58.7 Å². The maximum atomic E-state index is 14.6. The first kappa shape index (κ1) is 19.4. The van der Waals surface area contributed by atoms with E-state index in [0.29, 0.717) is 23.1 Å². The Morgan fingerprint density at radius 1 is 1.17 bits per heavy atom. The number of oxazole rings is 1. The highest BCUT2D eigenvalue weighted by Crippen LogP contribution is 2.39. The number of carbonyl (C=O) groups excluding carboxylic acids is 1. The number of aryl methyl sites for hydroxylation is 1. The Bertz CT molecular complexity index is 950. The fourth-order valence-electron chi connectivity index (χ4n) is 4.62. The predicted molar refractivity (Wildman–Crippen MR) is 112 cm³/mol. The van der Waals surface area contributed by atoms with E-state index in [4.69, 9.17) is 9.15 Å². The molecule has 30 heavy (non-hydrogen) atoms. The topological polar surface area (TPSA) is 70.8 Å². The van der Waals surface area contributed by atoms with Gasteiger partial charge in [0.1, 0.15) is 11.6 Å². The molecule has 0 aliphatic carbocycles. The number of nitrogens with one attached hydrogen (secondary N) is 1. The van der Waals surface area contributed by atoms with Gasteiger partial charge in [-0.1, -0.05) is 0 Å². The van der Waals surface area contributed by atoms with Gasteiger partial charge in [0.15, 0.2) is 5.69 Å². The second kappa shape index (κ2) is 7.58. The maximum absolute atomic E-state index is 14.6. The van der Waals surface area contributed by atoms with Gasteiger partial charge in [0.05, 0.1) is 18.9 Å². The average Bonchev–Trinajstić information content (AvgIpc) is 3.33. The number of ether oxygens (including phenoxy) is 1. The summed E-state index contributed by atoms with van der Waals surface area (Å²) in [6, 6.07) is 5.32. The van der Waals surface area contributed by atoms with Crippen LogP contribution >= 0.6 is 0 Å². The first-order valence-corrected chi connectivity index (χ1v) is 10.7. The van der Waals surface area contributed by atoms with E-state index in [1.165, 1.54) is 12.5 Å². The van der Waals surface area contributed by atoms with Crippen molar-refractivity contribution in [3.05, 3.63) is 35.5 Å². The summed E-state index contributed by atoms with van der Waals surface area (Å²) in [4.78, 5) is 21.3. The largest absolute Gasteiger partial charge is 0.428 e. The molecule has 1 spiro atoms. The Labute approximate surface area is 175 Å². The van der Waals surface area contributed by atoms with Crippen molar-refractivity contribution in [1.82, 2.24) is 4.98 Å². The molecule has 1 N–H and O–H groups in total. The van der Waals surface area contributed by atoms with Crippen LogP contribution in [-0.4, -0.2) is 50.3 Å². The Morgan fingerprint density at radius 3 is 2.63 bits per heavy atom. The molecule has 8 heteroatoms. The molecule has 4 heterocycles. The van der Waals surface area contributed by atoms with Gasteiger partial charge in [-0.3, -0.25) is 4.79 Å². The zero-order valence-electron chi connectivity index (χ0n) is 17.2. The Balaban J connectivity index is 1.27. The highest BCUT2D eigenvalue weighted by Gasteiger charge is 2.45. The van der Waals surface area contributed by atoms with Crippen LogP contribution in [-0.2, 0) is 4.74 Å². The number of piperidine rings is 1. The van der Waals surface area contributed by atoms with Crippen LogP contribution in [0, 0.1) is 18.2 Å². The van der Waals surface area contributed by atoms with Crippen molar-refractivity contribution in [3.8, 4) is 0 Å². The molecule has 2 aromatic rings. The summed E-state index contributed by atoms with van der Waals surface area (Å²) in [6.07, 6.45) is 4.39. The lowest BCUT2D eigenvalue weighted by Crippen LogP contribution is -2.44. The number of rotatable bonds is 4. The number of halogens is 1. The lowest BCUT2D eigenvalue weighted by atomic mass is 9.85. The van der Waals surface area contributed by atoms with Crippen molar-refractivity contribution in [1.29, 1.82) is 0 Å². The molecule has 3 fully saturated rings. The number of aromatic nitrogens is 1. The normalized spacial score (nSPS) is 20.5. The molecule has 0 saturated carbocycles. The third kappa shape index (κ3) is 3.53. The third-order valence-corrected chi connectivity index (χ3v) is 6.43. The second-order valence-electron chi connectivity index (χ2n) is 8.73. The number of amides is 1. The smallest absolute Gasteiger partial charge is 0.298 e. The summed E-state index contributed by atoms with van der Waals surface area (Å²) in [5.74, 6) is -0.260. The molecule has 0 atom stereocenters. The van der Waals surface area contributed by atoms with E-state index in [1.54, 1.807) is 19.1 Å². The van der Waals surface area contributed by atoms with Crippen LogP contribution in [0.2, 0.25) is 0 Å². The van der Waals surface area contributed by atoms with E-state index in [9.17, 15) is 9.18 Å². The van der Waals surface area contributed by atoms with Crippen LogP contribution in [0.1, 0.15) is 41.9 Å². The number of nitrogens with zero attached hydrogens (tertiary/aromatic N) is 3. The summed E-state index contributed by atoms with van der Waals surface area (Å²) in [5.41, 5.74) is 1.44. The molecule has 7 nitrogen and oxygen atoms in total. The molecule has 3 aliphatic rings. The fourth-order valence-corrected chi connectivity index (χ4v) is 4.62. The van der Waals surface area contributed by atoms with E-state index in [2.05, 4.69) is 20.1 Å². The first-order chi connectivity index (χ1) is 14.5. The van der Waals surface area contributed by atoms with E-state index in [1.807, 2.05) is 0 Å². The van der Waals surface area contributed by atoms with Crippen LogP contribution < -0.4 is 15.1 Å². The number of carbonyl (C=O) groups is 1. The van der Waals surface area contributed by atoms with Crippen LogP contribution in [0.15, 0.2) is 22.6 Å². The van der Waals surface area contributed by atoms with Crippen molar-refractivity contribution in [2.24, 2.45) is 5.41 Å². The molecular formula is C22H27FN4O3. The standard InChI is InChI=1S/C22H27FN4O3/c1-15-19(25-21(30-15)27-10-7-22(12-27)13-29-14-22)20(28)24-16-5-6-18(17(23)11-16)26-8-3-2-4-9-26/h5-6,11H,2-4,7-10,12-14H2,1H3,(H,24,28). The lowest BCUT2D eigenvalue weighted by molar-refractivity contribution is -0.0986. The highest BCUT2D eigenvalue weighted by atomic mass is 19.1. The highest BCUT2D eigenvalue weighted by molar-refractivity contribution is 6.03. The lowest BCUT2D eigenvalue weighted by Gasteiger charge is -2.37. The summed E-state index contributed by atoms with van der Waals surface area (Å²) in [6.45, 7) is 6.68. The SMILES string of the molecule is Cc1oc(N2CCC3(COC3)C2)nc1C(=O)Nc1ccc(N2CCCCC2)c(F)c1. The Hall–Kier alpha value is -2.61. The van der Waals surface area contributed by atoms with Gasteiger partial charge in [0.2, 0.25) is 0 Å². The summed E-state index contributed by atoms with van der Waals surface area (Å²) in [5, 5.41) is 2.75. The summed E-state index contributed by atoms with van der Waals surface area (Å²) >= 11 is 0. The van der Waals surface area contributed by atoms with Gasteiger partial charge < -0.3 is 24.3 Å². The van der Waals surface area contributed by atoms with Gasteiger partial charge in [-0.05, 0) is 50.8 Å². The van der Waals surface area contributed by atoms with Crippen molar-refractivity contribution < 1.29 is 18.3 Å². The van der Waals surface area contributed by atoms with Gasteiger partial charge in [-0.15, -0.1) is 0 Å².